The molecule has 20 heavy (non-hydrogen) atoms. The number of nitrogens with one attached hydrogen (secondary N) is 1. The summed E-state index contributed by atoms with van der Waals surface area (Å²) < 4.78 is 5.09. The number of ether oxygens (including phenoxy) is 1. The van der Waals surface area contributed by atoms with Crippen LogP contribution in [-0.2, 0) is 9.53 Å². The number of hydrogen-bond donors (Lipinski definition) is 1. The van der Waals surface area contributed by atoms with Crippen molar-refractivity contribution >= 4 is 23.3 Å². The summed E-state index contributed by atoms with van der Waals surface area (Å²) in [6.07, 6.45) is 2.94. The van der Waals surface area contributed by atoms with Crippen LogP contribution in [0.2, 0.25) is 5.02 Å². The molecule has 4 nitrogen and oxygen atoms in total. The number of rotatable bonds is 3. The Morgan fingerprint density at radius 2 is 2.35 bits per heavy atom. The second-order valence-corrected chi connectivity index (χ2v) is 5.98. The lowest BCUT2D eigenvalue weighted by Crippen LogP contribution is -2.54. The zero-order chi connectivity index (χ0) is 14.2. The van der Waals surface area contributed by atoms with Gasteiger partial charge in [-0.1, -0.05) is 17.7 Å². The quantitative estimate of drug-likeness (QED) is 0.870. The molecule has 1 aromatic carbocycles. The van der Waals surface area contributed by atoms with Crippen LogP contribution in [0.4, 0.5) is 5.69 Å². The Hall–Kier alpha value is -1.26. The zero-order valence-corrected chi connectivity index (χ0v) is 12.3. The van der Waals surface area contributed by atoms with Gasteiger partial charge in [0.2, 0.25) is 0 Å². The monoisotopic (exact) mass is 294 g/mol. The fourth-order valence-electron chi connectivity index (χ4n) is 3.58. The molecule has 3 rings (SSSR count). The number of nitrogens with zero attached hydrogens (tertiary/aromatic N) is 1. The van der Waals surface area contributed by atoms with Gasteiger partial charge in [0.25, 0.3) is 0 Å². The molecule has 108 valence electrons. The van der Waals surface area contributed by atoms with E-state index in [9.17, 15) is 4.79 Å². The first-order valence-corrected chi connectivity index (χ1v) is 7.40. The van der Waals surface area contributed by atoms with Crippen LogP contribution in [0.25, 0.3) is 0 Å². The Bertz CT molecular complexity index is 522. The summed E-state index contributed by atoms with van der Waals surface area (Å²) >= 11 is 6.03. The third kappa shape index (κ3) is 2.17. The first kappa shape index (κ1) is 13.7. The van der Waals surface area contributed by atoms with Crippen molar-refractivity contribution in [2.45, 2.75) is 30.8 Å². The highest BCUT2D eigenvalue weighted by molar-refractivity contribution is 6.30. The van der Waals surface area contributed by atoms with E-state index in [2.05, 4.69) is 10.2 Å². The van der Waals surface area contributed by atoms with Crippen LogP contribution in [0.5, 0.6) is 0 Å². The van der Waals surface area contributed by atoms with E-state index < -0.39 is 5.54 Å². The fraction of sp³-hybridized carbons (Fsp3) is 0.533. The molecule has 2 saturated heterocycles. The third-order valence-electron chi connectivity index (χ3n) is 4.47. The highest BCUT2D eigenvalue weighted by atomic mass is 35.5. The van der Waals surface area contributed by atoms with Gasteiger partial charge in [0, 0.05) is 23.3 Å². The summed E-state index contributed by atoms with van der Waals surface area (Å²) in [6.45, 7) is 2.01. The third-order valence-corrected chi connectivity index (χ3v) is 4.70. The predicted molar refractivity (Wildman–Crippen MR) is 79.0 cm³/mol. The first-order chi connectivity index (χ1) is 9.65. The molecule has 2 aliphatic heterocycles. The molecule has 1 N–H and O–H groups in total. The van der Waals surface area contributed by atoms with Gasteiger partial charge in [-0.3, -0.25) is 4.90 Å². The number of methoxy groups -OCH3 is 1. The number of hydrogen-bond acceptors (Lipinski definition) is 4. The van der Waals surface area contributed by atoms with E-state index in [-0.39, 0.29) is 12.0 Å². The lowest BCUT2D eigenvalue weighted by Gasteiger charge is -2.34. The summed E-state index contributed by atoms with van der Waals surface area (Å²) in [5.41, 5.74) is 0.229. The molecule has 0 aromatic heterocycles. The van der Waals surface area contributed by atoms with E-state index in [0.29, 0.717) is 5.02 Å². The SMILES string of the molecule is COC(=O)C1(Nc2cccc(Cl)c2)CCN2CCCC21. The van der Waals surface area contributed by atoms with Gasteiger partial charge in [-0.25, -0.2) is 4.79 Å². The van der Waals surface area contributed by atoms with Crippen molar-refractivity contribution in [1.82, 2.24) is 4.90 Å². The minimum Gasteiger partial charge on any atom is -0.467 e. The lowest BCUT2D eigenvalue weighted by atomic mass is 9.88. The number of anilines is 1. The van der Waals surface area contributed by atoms with Gasteiger partial charge in [-0.15, -0.1) is 0 Å². The second-order valence-electron chi connectivity index (χ2n) is 5.54. The maximum atomic E-state index is 12.4. The predicted octanol–water partition coefficient (Wildman–Crippen LogP) is 2.53. The smallest absolute Gasteiger partial charge is 0.333 e. The van der Waals surface area contributed by atoms with E-state index in [1.165, 1.54) is 7.11 Å². The molecule has 1 aromatic rings. The second kappa shape index (κ2) is 5.26. The van der Waals surface area contributed by atoms with Crippen molar-refractivity contribution in [2.24, 2.45) is 0 Å². The standard InChI is InChI=1S/C15H19ClN2O2/c1-20-14(19)15(7-9-18-8-3-6-13(15)18)17-12-5-2-4-11(16)10-12/h2,4-5,10,13,17H,3,6-9H2,1H3. The van der Waals surface area contributed by atoms with Crippen LogP contribution in [0.1, 0.15) is 19.3 Å². The van der Waals surface area contributed by atoms with Crippen molar-refractivity contribution in [3.8, 4) is 0 Å². The molecule has 0 spiro atoms. The lowest BCUT2D eigenvalue weighted by molar-refractivity contribution is -0.146. The number of halogens is 1. The Kier molecular flexibility index (Phi) is 3.61. The highest BCUT2D eigenvalue weighted by Gasteiger charge is 2.55. The molecule has 2 heterocycles. The zero-order valence-electron chi connectivity index (χ0n) is 11.6. The molecule has 0 radical (unpaired) electrons. The maximum Gasteiger partial charge on any atom is 0.333 e. The van der Waals surface area contributed by atoms with Crippen LogP contribution in [0.15, 0.2) is 24.3 Å². The van der Waals surface area contributed by atoms with Gasteiger partial charge in [0.05, 0.1) is 7.11 Å². The van der Waals surface area contributed by atoms with Crippen LogP contribution >= 0.6 is 11.6 Å². The number of esters is 1. The van der Waals surface area contributed by atoms with Crippen molar-refractivity contribution in [2.75, 3.05) is 25.5 Å². The average Bonchev–Trinajstić information content (AvgIpc) is 3.02. The number of carbonyl (C=O) groups is 1. The topological polar surface area (TPSA) is 41.6 Å². The van der Waals surface area contributed by atoms with Crippen molar-refractivity contribution in [3.63, 3.8) is 0 Å². The van der Waals surface area contributed by atoms with Gasteiger partial charge < -0.3 is 10.1 Å². The van der Waals surface area contributed by atoms with Crippen molar-refractivity contribution in [3.05, 3.63) is 29.3 Å². The summed E-state index contributed by atoms with van der Waals surface area (Å²) in [7, 11) is 1.46. The van der Waals surface area contributed by atoms with E-state index in [1.807, 2.05) is 24.3 Å². The summed E-state index contributed by atoms with van der Waals surface area (Å²) in [5, 5.41) is 4.08. The minimum absolute atomic E-state index is 0.174. The summed E-state index contributed by atoms with van der Waals surface area (Å²) in [5.74, 6) is -0.174. The van der Waals surface area contributed by atoms with E-state index in [1.54, 1.807) is 0 Å². The highest BCUT2D eigenvalue weighted by Crippen LogP contribution is 2.39. The van der Waals surface area contributed by atoms with Crippen LogP contribution in [0.3, 0.4) is 0 Å². The summed E-state index contributed by atoms with van der Waals surface area (Å²) in [4.78, 5) is 14.8. The Morgan fingerprint density at radius 3 is 3.10 bits per heavy atom. The number of benzene rings is 1. The van der Waals surface area contributed by atoms with Crippen molar-refractivity contribution in [1.29, 1.82) is 0 Å². The normalized spacial score (nSPS) is 29.2. The molecule has 2 unspecified atom stereocenters. The van der Waals surface area contributed by atoms with Gasteiger partial charge in [-0.2, -0.15) is 0 Å². The molecule has 5 heteroatoms. The van der Waals surface area contributed by atoms with Crippen LogP contribution in [0, 0.1) is 0 Å². The fourth-order valence-corrected chi connectivity index (χ4v) is 3.77. The average molecular weight is 295 g/mol. The van der Waals surface area contributed by atoms with Gasteiger partial charge >= 0.3 is 5.97 Å². The molecule has 0 amide bonds. The van der Waals surface area contributed by atoms with Crippen LogP contribution < -0.4 is 5.32 Å². The van der Waals surface area contributed by atoms with E-state index >= 15 is 0 Å². The Balaban J connectivity index is 1.93. The van der Waals surface area contributed by atoms with Gasteiger partial charge in [-0.05, 0) is 44.0 Å². The molecule has 0 bridgehead atoms. The molecule has 0 saturated carbocycles. The Morgan fingerprint density at radius 1 is 1.50 bits per heavy atom. The minimum atomic E-state index is -0.643. The molecular weight excluding hydrogens is 276 g/mol. The molecule has 0 aliphatic carbocycles. The molecule has 2 aliphatic rings. The number of carbonyl (C=O) groups excluding carboxylic acids is 1. The van der Waals surface area contributed by atoms with Crippen molar-refractivity contribution < 1.29 is 9.53 Å². The van der Waals surface area contributed by atoms with E-state index in [4.69, 9.17) is 16.3 Å². The van der Waals surface area contributed by atoms with Gasteiger partial charge in [0.1, 0.15) is 0 Å². The Labute approximate surface area is 124 Å². The molecule has 2 atom stereocenters. The van der Waals surface area contributed by atoms with E-state index in [0.717, 1.165) is 38.0 Å². The largest absolute Gasteiger partial charge is 0.467 e. The van der Waals surface area contributed by atoms with Gasteiger partial charge in [0.15, 0.2) is 5.54 Å². The van der Waals surface area contributed by atoms with Crippen LogP contribution in [-0.4, -0.2) is 42.6 Å². The first-order valence-electron chi connectivity index (χ1n) is 7.02. The molecular formula is C15H19ClN2O2. The summed E-state index contributed by atoms with van der Waals surface area (Å²) in [6, 6.07) is 7.72. The maximum absolute atomic E-state index is 12.4. The molecule has 2 fully saturated rings. The number of fused-ring (bicyclic) bond motifs is 1.